The lowest BCUT2D eigenvalue weighted by atomic mass is 9.93. The van der Waals surface area contributed by atoms with E-state index in [9.17, 15) is 0 Å². The smallest absolute Gasteiger partial charge is 0.0547 e. The summed E-state index contributed by atoms with van der Waals surface area (Å²) in [5.41, 5.74) is 18.7. The Morgan fingerprint density at radius 3 is 1.44 bits per heavy atom. The van der Waals surface area contributed by atoms with Crippen molar-refractivity contribution in [3.63, 3.8) is 0 Å². The summed E-state index contributed by atoms with van der Waals surface area (Å²) in [5, 5.41) is 7.53. The molecule has 0 atom stereocenters. The van der Waals surface area contributed by atoms with E-state index in [2.05, 4.69) is 289 Å². The molecule has 1 aromatic heterocycles. The summed E-state index contributed by atoms with van der Waals surface area (Å²) in [4.78, 5) is 2.42. The lowest BCUT2D eigenvalue weighted by Gasteiger charge is -2.28. The number of benzene rings is 12. The number of hydrogen-bond donors (Lipinski definition) is 0. The first-order valence-electron chi connectivity index (χ1n) is 24.1. The van der Waals surface area contributed by atoms with E-state index in [-0.39, 0.29) is 0 Å². The maximum absolute atomic E-state index is 2.42. The molecule has 0 fully saturated rings. The minimum absolute atomic E-state index is 1.08. The maximum Gasteiger partial charge on any atom is 0.0547 e. The van der Waals surface area contributed by atoms with Crippen molar-refractivity contribution < 1.29 is 0 Å². The van der Waals surface area contributed by atoms with Gasteiger partial charge in [0.1, 0.15) is 0 Å². The highest BCUT2D eigenvalue weighted by atomic mass is 15.1. The summed E-state index contributed by atoms with van der Waals surface area (Å²) >= 11 is 0. The molecule has 0 bridgehead atoms. The van der Waals surface area contributed by atoms with Gasteiger partial charge in [0.2, 0.25) is 0 Å². The summed E-state index contributed by atoms with van der Waals surface area (Å²) in [6.45, 7) is 0. The van der Waals surface area contributed by atoms with Crippen molar-refractivity contribution in [3.8, 4) is 61.3 Å². The fourth-order valence-electron chi connectivity index (χ4n) is 10.7. The highest BCUT2D eigenvalue weighted by Crippen LogP contribution is 2.45. The first-order chi connectivity index (χ1) is 34.7. The summed E-state index contributed by atoms with van der Waals surface area (Å²) < 4.78 is 2.39. The molecule has 70 heavy (non-hydrogen) atoms. The number of anilines is 3. The molecule has 0 N–H and O–H groups in total. The molecule has 0 aliphatic carbocycles. The number of para-hydroxylation sites is 3. The number of fused-ring (bicyclic) bond motifs is 6. The largest absolute Gasteiger partial charge is 0.310 e. The molecule has 2 heteroatoms. The Hall–Kier alpha value is -9.24. The first kappa shape index (κ1) is 41.0. The molecule has 2 nitrogen and oxygen atoms in total. The SMILES string of the molecule is c1ccc(-c2ccc(-c3ccc(N(c4ccc(-c5cc6ccccc6c6ccccc56)cc4)c4ccccc4-c4cccc(-c5cccc6c5c5ccccc5n6-c5ccccc5)c4)cc3)cc2)cc1. The minimum Gasteiger partial charge on any atom is -0.310 e. The van der Waals surface area contributed by atoms with Crippen molar-refractivity contribution in [1.29, 1.82) is 0 Å². The summed E-state index contributed by atoms with van der Waals surface area (Å²) in [6.07, 6.45) is 0. The Labute approximate surface area is 408 Å². The van der Waals surface area contributed by atoms with E-state index in [1.807, 2.05) is 0 Å². The molecule has 0 radical (unpaired) electrons. The van der Waals surface area contributed by atoms with Gasteiger partial charge in [-0.05, 0) is 138 Å². The number of rotatable bonds is 9. The Bertz CT molecular complexity index is 4020. The molecule has 0 spiro atoms. The Morgan fingerprint density at radius 1 is 0.257 bits per heavy atom. The molecule has 12 aromatic carbocycles. The zero-order valence-corrected chi connectivity index (χ0v) is 38.5. The standard InChI is InChI=1S/C68H46N2/c1-3-17-47(18-4-1)48-33-35-49(36-34-48)50-37-41-56(42-38-50)69(57-43-39-51(40-44-57)64-46-54-19-7-8-24-58(54)61-26-9-10-27-62(61)64)65-30-13-11-25-59(65)52-20-15-21-53(45-52)60-29-16-32-67-68(60)63-28-12-14-31-66(63)70(67)55-22-5-2-6-23-55/h1-46H. The molecule has 0 aliphatic rings. The summed E-state index contributed by atoms with van der Waals surface area (Å²) in [7, 11) is 0. The van der Waals surface area contributed by atoms with Crippen LogP contribution < -0.4 is 4.90 Å². The van der Waals surface area contributed by atoms with Crippen LogP contribution in [0.3, 0.4) is 0 Å². The van der Waals surface area contributed by atoms with Gasteiger partial charge in [0.25, 0.3) is 0 Å². The lowest BCUT2D eigenvalue weighted by Crippen LogP contribution is -2.11. The van der Waals surface area contributed by atoms with Crippen molar-refractivity contribution in [2.45, 2.75) is 0 Å². The van der Waals surface area contributed by atoms with E-state index in [0.717, 1.165) is 33.9 Å². The molecule has 328 valence electrons. The van der Waals surface area contributed by atoms with Crippen LogP contribution in [-0.4, -0.2) is 4.57 Å². The number of hydrogen-bond acceptors (Lipinski definition) is 1. The Balaban J connectivity index is 0.934. The third-order valence-electron chi connectivity index (χ3n) is 14.0. The van der Waals surface area contributed by atoms with Gasteiger partial charge in [-0.3, -0.25) is 0 Å². The highest BCUT2D eigenvalue weighted by molar-refractivity contribution is 6.16. The molecule has 13 aromatic rings. The van der Waals surface area contributed by atoms with Crippen LogP contribution in [0.4, 0.5) is 17.1 Å². The Kier molecular flexibility index (Phi) is 10.2. The van der Waals surface area contributed by atoms with Gasteiger partial charge >= 0.3 is 0 Å². The van der Waals surface area contributed by atoms with E-state index in [0.29, 0.717) is 0 Å². The molecular formula is C68H46N2. The number of aromatic nitrogens is 1. The molecule has 1 heterocycles. The van der Waals surface area contributed by atoms with Crippen molar-refractivity contribution in [3.05, 3.63) is 279 Å². The van der Waals surface area contributed by atoms with Crippen LogP contribution in [0.25, 0.3) is 105 Å². The second-order valence-electron chi connectivity index (χ2n) is 18.0. The molecule has 0 aliphatic heterocycles. The number of nitrogens with zero attached hydrogens (tertiary/aromatic N) is 2. The molecule has 0 saturated heterocycles. The van der Waals surface area contributed by atoms with Gasteiger partial charge in [-0.15, -0.1) is 0 Å². The van der Waals surface area contributed by atoms with E-state index in [1.165, 1.54) is 87.9 Å². The van der Waals surface area contributed by atoms with E-state index < -0.39 is 0 Å². The fourth-order valence-corrected chi connectivity index (χ4v) is 10.7. The van der Waals surface area contributed by atoms with Crippen LogP contribution in [0.1, 0.15) is 0 Å². The summed E-state index contributed by atoms with van der Waals surface area (Å²) in [6, 6.07) is 102. The second-order valence-corrected chi connectivity index (χ2v) is 18.0. The third-order valence-corrected chi connectivity index (χ3v) is 14.0. The average Bonchev–Trinajstić information content (AvgIpc) is 3.79. The van der Waals surface area contributed by atoms with Crippen LogP contribution in [0.2, 0.25) is 0 Å². The zero-order chi connectivity index (χ0) is 46.4. The first-order valence-corrected chi connectivity index (χ1v) is 24.1. The van der Waals surface area contributed by atoms with Crippen molar-refractivity contribution in [2.75, 3.05) is 4.90 Å². The van der Waals surface area contributed by atoms with Gasteiger partial charge in [0.05, 0.1) is 16.7 Å². The van der Waals surface area contributed by atoms with Crippen LogP contribution in [0.5, 0.6) is 0 Å². The van der Waals surface area contributed by atoms with E-state index in [4.69, 9.17) is 0 Å². The third kappa shape index (κ3) is 7.22. The van der Waals surface area contributed by atoms with E-state index in [1.54, 1.807) is 0 Å². The van der Waals surface area contributed by atoms with Gasteiger partial charge < -0.3 is 9.47 Å². The Morgan fingerprint density at radius 2 is 0.729 bits per heavy atom. The van der Waals surface area contributed by atoms with Gasteiger partial charge in [-0.1, -0.05) is 212 Å². The second kappa shape index (κ2) is 17.4. The molecule has 13 rings (SSSR count). The molecule has 0 amide bonds. The average molecular weight is 891 g/mol. The molecule has 0 saturated carbocycles. The van der Waals surface area contributed by atoms with Gasteiger partial charge in [-0.2, -0.15) is 0 Å². The van der Waals surface area contributed by atoms with Crippen molar-refractivity contribution in [2.24, 2.45) is 0 Å². The predicted octanol–water partition coefficient (Wildman–Crippen LogP) is 18.9. The van der Waals surface area contributed by atoms with Crippen LogP contribution in [-0.2, 0) is 0 Å². The van der Waals surface area contributed by atoms with Gasteiger partial charge in [-0.25, -0.2) is 0 Å². The van der Waals surface area contributed by atoms with Gasteiger partial charge in [0.15, 0.2) is 0 Å². The molecular weight excluding hydrogens is 845 g/mol. The monoisotopic (exact) mass is 890 g/mol. The summed E-state index contributed by atoms with van der Waals surface area (Å²) in [5.74, 6) is 0. The molecule has 0 unspecified atom stereocenters. The topological polar surface area (TPSA) is 8.17 Å². The van der Waals surface area contributed by atoms with E-state index >= 15 is 0 Å². The quantitative estimate of drug-likeness (QED) is 0.131. The normalized spacial score (nSPS) is 11.4. The van der Waals surface area contributed by atoms with Crippen LogP contribution in [0, 0.1) is 0 Å². The maximum atomic E-state index is 2.42. The fraction of sp³-hybridized carbons (Fsp3) is 0. The van der Waals surface area contributed by atoms with Crippen LogP contribution >= 0.6 is 0 Å². The van der Waals surface area contributed by atoms with Gasteiger partial charge in [0, 0.05) is 33.4 Å². The lowest BCUT2D eigenvalue weighted by molar-refractivity contribution is 1.18. The van der Waals surface area contributed by atoms with Crippen molar-refractivity contribution >= 4 is 60.4 Å². The zero-order valence-electron chi connectivity index (χ0n) is 38.5. The highest BCUT2D eigenvalue weighted by Gasteiger charge is 2.20. The van der Waals surface area contributed by atoms with Crippen molar-refractivity contribution in [1.82, 2.24) is 4.57 Å². The minimum atomic E-state index is 1.08. The predicted molar refractivity (Wildman–Crippen MR) is 298 cm³/mol. The van der Waals surface area contributed by atoms with Crippen LogP contribution in [0.15, 0.2) is 279 Å².